The third kappa shape index (κ3) is 6.15. The summed E-state index contributed by atoms with van der Waals surface area (Å²) < 4.78 is 0. The molecule has 2 aromatic carbocycles. The molecule has 2 N–H and O–H groups in total. The fourth-order valence-corrected chi connectivity index (χ4v) is 4.48. The number of hydrogen-bond acceptors (Lipinski definition) is 7. The number of para-hydroxylation sites is 2. The van der Waals surface area contributed by atoms with Crippen molar-refractivity contribution in [1.82, 2.24) is 15.3 Å². The maximum atomic E-state index is 11.2. The van der Waals surface area contributed by atoms with Crippen LogP contribution < -0.4 is 15.5 Å². The number of aromatic nitrogens is 2. The summed E-state index contributed by atoms with van der Waals surface area (Å²) in [5, 5.41) is 19.1. The molecule has 0 spiro atoms. The summed E-state index contributed by atoms with van der Waals surface area (Å²) in [5.41, 5.74) is 2.36. The zero-order chi connectivity index (χ0) is 24.8. The van der Waals surface area contributed by atoms with Gasteiger partial charge in [0.1, 0.15) is 5.82 Å². The molecule has 0 amide bonds. The first kappa shape index (κ1) is 24.2. The summed E-state index contributed by atoms with van der Waals surface area (Å²) in [6, 6.07) is 15.1. The molecule has 4 rings (SSSR count). The monoisotopic (exact) mass is 472 g/mol. The second kappa shape index (κ2) is 11.0. The quantitative estimate of drug-likeness (QED) is 0.245. The molecular formula is C27H32N6O2. The lowest BCUT2D eigenvalue weighted by Crippen LogP contribution is -2.31. The van der Waals surface area contributed by atoms with E-state index in [1.165, 1.54) is 6.07 Å². The van der Waals surface area contributed by atoms with Gasteiger partial charge in [0.05, 0.1) is 16.0 Å². The molecule has 0 atom stereocenters. The smallest absolute Gasteiger partial charge is 0.276 e. The van der Waals surface area contributed by atoms with E-state index in [-0.39, 0.29) is 10.6 Å². The number of fused-ring (bicyclic) bond motifs is 1. The Bertz CT molecular complexity index is 1230. The topological polar surface area (TPSA) is 96.2 Å². The summed E-state index contributed by atoms with van der Waals surface area (Å²) in [4.78, 5) is 22.3. The molecule has 1 heterocycles. The maximum absolute atomic E-state index is 11.2. The molecule has 35 heavy (non-hydrogen) atoms. The third-order valence-corrected chi connectivity index (χ3v) is 6.40. The highest BCUT2D eigenvalue weighted by Gasteiger charge is 2.22. The van der Waals surface area contributed by atoms with Crippen molar-refractivity contribution >= 4 is 34.4 Å². The van der Waals surface area contributed by atoms with Crippen LogP contribution >= 0.6 is 0 Å². The highest BCUT2D eigenvalue weighted by molar-refractivity contribution is 5.90. The van der Waals surface area contributed by atoms with Gasteiger partial charge in [0, 0.05) is 43.8 Å². The second-order valence-electron chi connectivity index (χ2n) is 9.20. The van der Waals surface area contributed by atoms with E-state index < -0.39 is 0 Å². The van der Waals surface area contributed by atoms with E-state index in [1.807, 2.05) is 37.2 Å². The second-order valence-corrected chi connectivity index (χ2v) is 9.20. The standard InChI is InChI=1S/C27H32N6O2/c1-19(12-15-21-8-4-7-11-25(21)33(34)35)28-18-20-13-16-22(17-14-20)29-27-30-24-10-6-5-9-23(24)26(31-27)32(2)3/h4-12,15,20,22,28H,1,13-14,16-18H2,2-3H3,(H,29,30,31)/b15-12+/t20-,22+. The van der Waals surface area contributed by atoms with Crippen molar-refractivity contribution in [3.8, 4) is 0 Å². The first-order chi connectivity index (χ1) is 16.9. The van der Waals surface area contributed by atoms with Crippen molar-refractivity contribution in [2.24, 2.45) is 5.92 Å². The Balaban J connectivity index is 1.27. The molecule has 0 aliphatic heterocycles. The van der Waals surface area contributed by atoms with Gasteiger partial charge in [-0.05, 0) is 62.0 Å². The van der Waals surface area contributed by atoms with Crippen molar-refractivity contribution in [3.05, 3.63) is 82.6 Å². The van der Waals surface area contributed by atoms with E-state index >= 15 is 0 Å². The average Bonchev–Trinajstić information content (AvgIpc) is 2.86. The van der Waals surface area contributed by atoms with Gasteiger partial charge in [-0.2, -0.15) is 4.98 Å². The van der Waals surface area contributed by atoms with Gasteiger partial charge < -0.3 is 15.5 Å². The van der Waals surface area contributed by atoms with E-state index in [1.54, 1.807) is 30.4 Å². The van der Waals surface area contributed by atoms with Crippen LogP contribution in [0, 0.1) is 16.0 Å². The molecule has 1 aromatic heterocycles. The number of anilines is 2. The van der Waals surface area contributed by atoms with Gasteiger partial charge in [-0.3, -0.25) is 10.1 Å². The summed E-state index contributed by atoms with van der Waals surface area (Å²) in [5.74, 6) is 2.16. The van der Waals surface area contributed by atoms with Crippen molar-refractivity contribution < 1.29 is 4.92 Å². The molecule has 8 nitrogen and oxygen atoms in total. The predicted octanol–water partition coefficient (Wildman–Crippen LogP) is 5.39. The van der Waals surface area contributed by atoms with Crippen LogP contribution in [0.15, 0.2) is 66.9 Å². The minimum atomic E-state index is -0.368. The van der Waals surface area contributed by atoms with Crippen molar-refractivity contribution in [2.45, 2.75) is 31.7 Å². The number of hydrogen-bond donors (Lipinski definition) is 2. The number of nitro groups is 1. The molecule has 0 unspecified atom stereocenters. The molecule has 1 aliphatic carbocycles. The van der Waals surface area contributed by atoms with E-state index in [4.69, 9.17) is 9.97 Å². The van der Waals surface area contributed by atoms with Crippen molar-refractivity contribution in [3.63, 3.8) is 0 Å². The zero-order valence-electron chi connectivity index (χ0n) is 20.3. The van der Waals surface area contributed by atoms with Gasteiger partial charge in [-0.1, -0.05) is 30.8 Å². The normalized spacial score (nSPS) is 17.9. The minimum absolute atomic E-state index is 0.0930. The van der Waals surface area contributed by atoms with Crippen molar-refractivity contribution in [2.75, 3.05) is 30.9 Å². The van der Waals surface area contributed by atoms with Gasteiger partial charge in [0.15, 0.2) is 0 Å². The van der Waals surface area contributed by atoms with Crippen LogP contribution in [0.1, 0.15) is 31.2 Å². The van der Waals surface area contributed by atoms with E-state index in [0.29, 0.717) is 23.5 Å². The largest absolute Gasteiger partial charge is 0.385 e. The van der Waals surface area contributed by atoms with E-state index in [0.717, 1.165) is 54.6 Å². The fraction of sp³-hybridized carbons (Fsp3) is 0.333. The minimum Gasteiger partial charge on any atom is -0.385 e. The highest BCUT2D eigenvalue weighted by atomic mass is 16.6. The number of allylic oxidation sites excluding steroid dienone is 1. The lowest BCUT2D eigenvalue weighted by Gasteiger charge is -2.29. The summed E-state index contributed by atoms with van der Waals surface area (Å²) in [6.45, 7) is 4.88. The van der Waals surface area contributed by atoms with Gasteiger partial charge in [0.2, 0.25) is 5.95 Å². The van der Waals surface area contributed by atoms with Gasteiger partial charge in [0.25, 0.3) is 5.69 Å². The van der Waals surface area contributed by atoms with Crippen LogP contribution in [0.2, 0.25) is 0 Å². The number of nitro benzene ring substituents is 1. The highest BCUT2D eigenvalue weighted by Crippen LogP contribution is 2.28. The molecule has 0 radical (unpaired) electrons. The van der Waals surface area contributed by atoms with Crippen LogP contribution in [0.4, 0.5) is 17.5 Å². The Morgan fingerprint density at radius 2 is 1.83 bits per heavy atom. The summed E-state index contributed by atoms with van der Waals surface area (Å²) in [6.07, 6.45) is 7.84. The summed E-state index contributed by atoms with van der Waals surface area (Å²) in [7, 11) is 4.00. The lowest BCUT2D eigenvalue weighted by atomic mass is 9.86. The molecular weight excluding hydrogens is 440 g/mol. The number of benzene rings is 2. The molecule has 8 heteroatoms. The molecule has 0 saturated heterocycles. The number of nitrogens with one attached hydrogen (secondary N) is 2. The van der Waals surface area contributed by atoms with Crippen LogP contribution in [0.3, 0.4) is 0 Å². The van der Waals surface area contributed by atoms with E-state index in [9.17, 15) is 10.1 Å². The molecule has 1 fully saturated rings. The first-order valence-corrected chi connectivity index (χ1v) is 12.0. The molecule has 3 aromatic rings. The van der Waals surface area contributed by atoms with Crippen LogP contribution in [-0.4, -0.2) is 41.6 Å². The summed E-state index contributed by atoms with van der Waals surface area (Å²) >= 11 is 0. The van der Waals surface area contributed by atoms with E-state index in [2.05, 4.69) is 23.3 Å². The Morgan fingerprint density at radius 1 is 1.11 bits per heavy atom. The van der Waals surface area contributed by atoms with Crippen LogP contribution in [-0.2, 0) is 0 Å². The van der Waals surface area contributed by atoms with Crippen molar-refractivity contribution in [1.29, 1.82) is 0 Å². The predicted molar refractivity (Wildman–Crippen MR) is 143 cm³/mol. The van der Waals surface area contributed by atoms with Crippen LogP contribution in [0.25, 0.3) is 17.0 Å². The SMILES string of the molecule is C=C(/C=C/c1ccccc1[N+](=O)[O-])NC[C@H]1CC[C@@H](Nc2nc(N(C)C)c3ccccc3n2)CC1. The number of rotatable bonds is 9. The first-order valence-electron chi connectivity index (χ1n) is 12.0. The Hall–Kier alpha value is -3.94. The molecule has 182 valence electrons. The Kier molecular flexibility index (Phi) is 7.60. The fourth-order valence-electron chi connectivity index (χ4n) is 4.48. The molecule has 0 bridgehead atoms. The molecule has 1 aliphatic rings. The Morgan fingerprint density at radius 3 is 2.57 bits per heavy atom. The Labute approximate surface area is 205 Å². The lowest BCUT2D eigenvalue weighted by molar-refractivity contribution is -0.385. The maximum Gasteiger partial charge on any atom is 0.276 e. The zero-order valence-corrected chi connectivity index (χ0v) is 20.3. The van der Waals surface area contributed by atoms with Gasteiger partial charge in [-0.15, -0.1) is 0 Å². The number of nitrogens with zero attached hydrogens (tertiary/aromatic N) is 4. The van der Waals surface area contributed by atoms with Gasteiger partial charge >= 0.3 is 0 Å². The van der Waals surface area contributed by atoms with Gasteiger partial charge in [-0.25, -0.2) is 4.98 Å². The molecule has 1 saturated carbocycles. The third-order valence-electron chi connectivity index (χ3n) is 6.40. The van der Waals surface area contributed by atoms with Crippen LogP contribution in [0.5, 0.6) is 0 Å². The average molecular weight is 473 g/mol.